The summed E-state index contributed by atoms with van der Waals surface area (Å²) < 4.78 is 80.7. The lowest BCUT2D eigenvalue weighted by Gasteiger charge is -2.17. The van der Waals surface area contributed by atoms with Crippen molar-refractivity contribution in [3.05, 3.63) is 71.2 Å². The van der Waals surface area contributed by atoms with Crippen LogP contribution < -0.4 is 10.1 Å². The molecule has 0 saturated heterocycles. The SMILES string of the molecule is Cc1cc(F)ccc1Oc1nnc(C(F)(F)F)cc1C(=O)Nc1cccc([S@@](C)(=O)=NC(=O)OC(C)(C)C)c1. The first-order valence-electron chi connectivity index (χ1n) is 11.2. The van der Waals surface area contributed by atoms with E-state index in [1.807, 2.05) is 0 Å². The van der Waals surface area contributed by atoms with Gasteiger partial charge in [0, 0.05) is 16.8 Å². The number of ether oxygens (including phenoxy) is 2. The fourth-order valence-corrected chi connectivity index (χ4v) is 4.18. The van der Waals surface area contributed by atoms with Crippen molar-refractivity contribution in [2.75, 3.05) is 11.6 Å². The molecule has 1 aromatic heterocycles. The zero-order chi connectivity index (χ0) is 29.2. The smallest absolute Gasteiger partial charge is 0.442 e. The van der Waals surface area contributed by atoms with Crippen molar-refractivity contribution >= 4 is 27.4 Å². The molecule has 0 spiro atoms. The molecule has 14 heteroatoms. The molecule has 1 N–H and O–H groups in total. The summed E-state index contributed by atoms with van der Waals surface area (Å²) in [6, 6.07) is 9.31. The van der Waals surface area contributed by atoms with Gasteiger partial charge in [-0.2, -0.15) is 13.2 Å². The Labute approximate surface area is 221 Å². The second-order valence-electron chi connectivity index (χ2n) is 9.31. The highest BCUT2D eigenvalue weighted by Crippen LogP contribution is 2.32. The van der Waals surface area contributed by atoms with Gasteiger partial charge < -0.3 is 14.8 Å². The fourth-order valence-electron chi connectivity index (χ4n) is 3.07. The van der Waals surface area contributed by atoms with Gasteiger partial charge in [-0.25, -0.2) is 13.4 Å². The first-order valence-corrected chi connectivity index (χ1v) is 13.1. The number of anilines is 1. The largest absolute Gasteiger partial charge is 0.442 e. The number of aryl methyl sites for hydroxylation is 1. The zero-order valence-corrected chi connectivity index (χ0v) is 22.2. The van der Waals surface area contributed by atoms with Crippen molar-refractivity contribution in [2.24, 2.45) is 4.36 Å². The summed E-state index contributed by atoms with van der Waals surface area (Å²) in [4.78, 5) is 25.2. The number of amides is 2. The van der Waals surface area contributed by atoms with Crippen molar-refractivity contribution < 1.29 is 40.8 Å². The monoisotopic (exact) mass is 568 g/mol. The summed E-state index contributed by atoms with van der Waals surface area (Å²) in [5.41, 5.74) is -2.62. The highest BCUT2D eigenvalue weighted by molar-refractivity contribution is 7.93. The van der Waals surface area contributed by atoms with Crippen molar-refractivity contribution in [1.82, 2.24) is 10.2 Å². The van der Waals surface area contributed by atoms with Crippen molar-refractivity contribution in [1.29, 1.82) is 0 Å². The number of aromatic nitrogens is 2. The summed E-state index contributed by atoms with van der Waals surface area (Å²) in [5.74, 6) is -2.15. The third-order valence-electron chi connectivity index (χ3n) is 4.81. The van der Waals surface area contributed by atoms with E-state index >= 15 is 0 Å². The first-order chi connectivity index (χ1) is 17.9. The molecule has 0 aliphatic rings. The van der Waals surface area contributed by atoms with E-state index in [-0.39, 0.29) is 16.3 Å². The third-order valence-corrected chi connectivity index (χ3v) is 6.44. The number of alkyl halides is 3. The molecule has 1 heterocycles. The lowest BCUT2D eigenvalue weighted by molar-refractivity contribution is -0.141. The Morgan fingerprint density at radius 1 is 1.03 bits per heavy atom. The number of carbonyl (C=O) groups is 2. The maximum Gasteiger partial charge on any atom is 0.442 e. The molecule has 3 aromatic rings. The highest BCUT2D eigenvalue weighted by Gasteiger charge is 2.35. The molecule has 0 fully saturated rings. The Bertz CT molecular complexity index is 1540. The fraction of sp³-hybridized carbons (Fsp3) is 0.280. The number of benzene rings is 2. The quantitative estimate of drug-likeness (QED) is 0.355. The van der Waals surface area contributed by atoms with E-state index < -0.39 is 56.5 Å². The van der Waals surface area contributed by atoms with Crippen LogP contribution in [0.2, 0.25) is 0 Å². The van der Waals surface area contributed by atoms with Crippen LogP contribution in [-0.4, -0.2) is 38.3 Å². The molecule has 0 aliphatic heterocycles. The Kier molecular flexibility index (Phi) is 8.29. The van der Waals surface area contributed by atoms with E-state index in [2.05, 4.69) is 19.9 Å². The third kappa shape index (κ3) is 7.96. The molecule has 2 amide bonds. The number of carbonyl (C=O) groups excluding carboxylic acids is 2. The summed E-state index contributed by atoms with van der Waals surface area (Å²) >= 11 is 0. The second-order valence-corrected chi connectivity index (χ2v) is 11.6. The predicted octanol–water partition coefficient (Wildman–Crippen LogP) is 6.38. The van der Waals surface area contributed by atoms with Gasteiger partial charge in [0.1, 0.15) is 22.7 Å². The van der Waals surface area contributed by atoms with Gasteiger partial charge in [0.05, 0.1) is 9.73 Å². The molecule has 0 unspecified atom stereocenters. The van der Waals surface area contributed by atoms with Gasteiger partial charge in [0.15, 0.2) is 5.69 Å². The van der Waals surface area contributed by atoms with Crippen LogP contribution in [0.15, 0.2) is 57.8 Å². The second kappa shape index (κ2) is 11.0. The standard InChI is InChI=1S/C25H24F4N4O5S/c1-14-11-15(26)9-10-19(14)37-22-18(13-20(31-32-22)25(27,28)29)21(34)30-16-7-6-8-17(12-16)39(5,36)33-23(35)38-24(2,3)4/h6-13H,1-5H3,(H,30,34)/t39-/m1/s1. The van der Waals surface area contributed by atoms with Gasteiger partial charge in [-0.15, -0.1) is 14.6 Å². The molecule has 9 nitrogen and oxygen atoms in total. The Morgan fingerprint density at radius 2 is 1.72 bits per heavy atom. The van der Waals surface area contributed by atoms with Gasteiger partial charge in [0.2, 0.25) is 0 Å². The van der Waals surface area contributed by atoms with Crippen molar-refractivity contribution in [3.63, 3.8) is 0 Å². The number of rotatable bonds is 5. The van der Waals surface area contributed by atoms with Gasteiger partial charge >= 0.3 is 12.3 Å². The molecule has 0 bridgehead atoms. The van der Waals surface area contributed by atoms with E-state index in [0.717, 1.165) is 12.1 Å². The van der Waals surface area contributed by atoms with Crippen LogP contribution in [0.1, 0.15) is 42.4 Å². The molecule has 3 rings (SSSR count). The molecule has 208 valence electrons. The zero-order valence-electron chi connectivity index (χ0n) is 21.4. The molecule has 0 saturated carbocycles. The number of nitrogens with zero attached hydrogens (tertiary/aromatic N) is 3. The minimum Gasteiger partial charge on any atom is -0.442 e. The van der Waals surface area contributed by atoms with Gasteiger partial charge in [-0.3, -0.25) is 4.79 Å². The summed E-state index contributed by atoms with van der Waals surface area (Å²) in [6.07, 6.45) is -4.77. The number of halogens is 4. The first kappa shape index (κ1) is 29.5. The molecule has 2 aromatic carbocycles. The normalized spacial score (nSPS) is 13.3. The van der Waals surface area contributed by atoms with E-state index in [0.29, 0.717) is 11.6 Å². The van der Waals surface area contributed by atoms with E-state index in [9.17, 15) is 31.4 Å². The summed E-state index contributed by atoms with van der Waals surface area (Å²) in [5, 5.41) is 8.91. The lowest BCUT2D eigenvalue weighted by Crippen LogP contribution is -2.22. The van der Waals surface area contributed by atoms with Crippen LogP contribution in [0.4, 0.5) is 28.0 Å². The topological polar surface area (TPSA) is 120 Å². The van der Waals surface area contributed by atoms with Crippen molar-refractivity contribution in [2.45, 2.75) is 44.4 Å². The maximum atomic E-state index is 13.5. The van der Waals surface area contributed by atoms with Gasteiger partial charge in [-0.05, 0) is 75.7 Å². The van der Waals surface area contributed by atoms with Gasteiger partial charge in [-0.1, -0.05) is 6.07 Å². The number of hydrogen-bond acceptors (Lipinski definition) is 7. The van der Waals surface area contributed by atoms with Crippen LogP contribution in [0.25, 0.3) is 0 Å². The Morgan fingerprint density at radius 3 is 2.33 bits per heavy atom. The van der Waals surface area contributed by atoms with E-state index in [4.69, 9.17) is 9.47 Å². The minimum absolute atomic E-state index is 0.0285. The molecule has 0 radical (unpaired) electrons. The average Bonchev–Trinajstić information content (AvgIpc) is 2.79. The average molecular weight is 569 g/mol. The van der Waals surface area contributed by atoms with Crippen LogP contribution >= 0.6 is 0 Å². The maximum absolute atomic E-state index is 13.5. The number of hydrogen-bond donors (Lipinski definition) is 1. The Balaban J connectivity index is 1.96. The van der Waals surface area contributed by atoms with E-state index in [1.165, 1.54) is 43.5 Å². The number of nitrogens with one attached hydrogen (secondary N) is 1. The van der Waals surface area contributed by atoms with Crippen LogP contribution in [0.5, 0.6) is 11.6 Å². The van der Waals surface area contributed by atoms with Gasteiger partial charge in [0.25, 0.3) is 11.8 Å². The minimum atomic E-state index is -4.91. The molecule has 39 heavy (non-hydrogen) atoms. The molecule has 0 aliphatic carbocycles. The summed E-state index contributed by atoms with van der Waals surface area (Å²) in [6.45, 7) is 6.33. The highest BCUT2D eigenvalue weighted by atomic mass is 32.2. The molecule has 1 atom stereocenters. The van der Waals surface area contributed by atoms with Crippen molar-refractivity contribution in [3.8, 4) is 11.6 Å². The summed E-state index contributed by atoms with van der Waals surface area (Å²) in [7, 11) is -3.32. The Hall–Kier alpha value is -4.07. The van der Waals surface area contributed by atoms with E-state index in [1.54, 1.807) is 20.8 Å². The predicted molar refractivity (Wildman–Crippen MR) is 134 cm³/mol. The molecular weight excluding hydrogens is 544 g/mol. The van der Waals surface area contributed by atoms with Crippen LogP contribution in [0, 0.1) is 12.7 Å². The van der Waals surface area contributed by atoms with Crippen LogP contribution in [0.3, 0.4) is 0 Å². The lowest BCUT2D eigenvalue weighted by atomic mass is 10.2. The molecular formula is C25H24F4N4O5S. The van der Waals surface area contributed by atoms with Crippen LogP contribution in [-0.2, 0) is 20.6 Å².